The quantitative estimate of drug-likeness (QED) is 0.695. The molecule has 3 N–H and O–H groups in total. The van der Waals surface area contributed by atoms with Gasteiger partial charge in [0.05, 0.1) is 19.1 Å². The fourth-order valence-corrected chi connectivity index (χ4v) is 1.59. The molecule has 17 heavy (non-hydrogen) atoms. The third kappa shape index (κ3) is 3.12. The van der Waals surface area contributed by atoms with Crippen molar-refractivity contribution in [2.75, 3.05) is 6.61 Å². The van der Waals surface area contributed by atoms with E-state index >= 15 is 0 Å². The molecule has 1 aromatic rings. The molecular formula is C12H15N3O2. The summed E-state index contributed by atoms with van der Waals surface area (Å²) < 4.78 is 0. The van der Waals surface area contributed by atoms with E-state index in [-0.39, 0.29) is 12.5 Å². The maximum absolute atomic E-state index is 9.32. The molecule has 2 rings (SSSR count). The minimum absolute atomic E-state index is 0.0726. The molecule has 1 aliphatic rings. The fraction of sp³-hybridized carbons (Fsp3) is 0.333. The van der Waals surface area contributed by atoms with Gasteiger partial charge >= 0.3 is 0 Å². The molecule has 2 unspecified atom stereocenters. The van der Waals surface area contributed by atoms with E-state index in [4.69, 9.17) is 5.11 Å². The summed E-state index contributed by atoms with van der Waals surface area (Å²) in [5.74, 6) is 0.306. The number of nitrogens with one attached hydrogen (secondary N) is 1. The second kappa shape index (κ2) is 5.56. The zero-order chi connectivity index (χ0) is 12.1. The van der Waals surface area contributed by atoms with Gasteiger partial charge in [0.2, 0.25) is 6.35 Å². The first-order chi connectivity index (χ1) is 8.29. The zero-order valence-electron chi connectivity index (χ0n) is 9.32. The van der Waals surface area contributed by atoms with Crippen LogP contribution in [0.5, 0.6) is 0 Å². The van der Waals surface area contributed by atoms with Crippen molar-refractivity contribution >= 4 is 12.1 Å². The highest BCUT2D eigenvalue weighted by atomic mass is 16.3. The molecule has 0 aliphatic carbocycles. The number of aliphatic hydroxyl groups is 2. The van der Waals surface area contributed by atoms with E-state index in [1.165, 1.54) is 6.21 Å². The molecule has 0 bridgehead atoms. The van der Waals surface area contributed by atoms with E-state index in [0.29, 0.717) is 12.4 Å². The van der Waals surface area contributed by atoms with Crippen molar-refractivity contribution in [3.05, 3.63) is 35.9 Å². The summed E-state index contributed by atoms with van der Waals surface area (Å²) in [6, 6.07) is 9.80. The minimum Gasteiger partial charge on any atom is -0.395 e. The summed E-state index contributed by atoms with van der Waals surface area (Å²) >= 11 is 0. The average Bonchev–Trinajstić information content (AvgIpc) is 2.38. The normalized spacial score (nSPS) is 25.9. The molecule has 0 spiro atoms. The highest BCUT2D eigenvalue weighted by Gasteiger charge is 2.19. The number of nitrogens with zero attached hydrogens (tertiary/aromatic N) is 2. The van der Waals surface area contributed by atoms with E-state index in [2.05, 4.69) is 15.3 Å². The molecule has 90 valence electrons. The summed E-state index contributed by atoms with van der Waals surface area (Å²) in [5.41, 5.74) is 1.08. The number of hydrogen-bond donors (Lipinski definition) is 3. The molecular weight excluding hydrogens is 218 g/mol. The maximum atomic E-state index is 9.32. The van der Waals surface area contributed by atoms with Gasteiger partial charge in [0.15, 0.2) is 0 Å². The van der Waals surface area contributed by atoms with Crippen LogP contribution in [0.2, 0.25) is 0 Å². The van der Waals surface area contributed by atoms with E-state index in [1.807, 2.05) is 30.3 Å². The Morgan fingerprint density at radius 2 is 2.06 bits per heavy atom. The monoisotopic (exact) mass is 233 g/mol. The van der Waals surface area contributed by atoms with Gasteiger partial charge in [0.1, 0.15) is 5.84 Å². The van der Waals surface area contributed by atoms with Crippen molar-refractivity contribution in [2.45, 2.75) is 12.9 Å². The van der Waals surface area contributed by atoms with Crippen molar-refractivity contribution in [1.29, 1.82) is 0 Å². The average molecular weight is 233 g/mol. The van der Waals surface area contributed by atoms with Gasteiger partial charge in [-0.1, -0.05) is 30.3 Å². The molecule has 2 atom stereocenters. The van der Waals surface area contributed by atoms with Crippen LogP contribution in [0.15, 0.2) is 40.3 Å². The zero-order valence-corrected chi connectivity index (χ0v) is 9.32. The Morgan fingerprint density at radius 1 is 1.29 bits per heavy atom. The molecule has 0 saturated carbocycles. The van der Waals surface area contributed by atoms with Crippen LogP contribution in [0.4, 0.5) is 0 Å². The highest BCUT2D eigenvalue weighted by Crippen LogP contribution is 2.05. The lowest BCUT2D eigenvalue weighted by Gasteiger charge is -2.22. The standard InChI is InChI=1S/C12H15N3O2/c16-8-10-7-14-12(17)15-11(10)13-6-9-4-2-1-3-5-9/h1-5,7,10,12,16-17H,6,8H2,(H,13,15). The molecule has 1 heterocycles. The Kier molecular flexibility index (Phi) is 3.85. The Balaban J connectivity index is 2.07. The fourth-order valence-electron chi connectivity index (χ4n) is 1.59. The van der Waals surface area contributed by atoms with Gasteiger partial charge in [0.25, 0.3) is 0 Å². The second-order valence-electron chi connectivity index (χ2n) is 3.79. The van der Waals surface area contributed by atoms with Gasteiger partial charge in [-0.15, -0.1) is 0 Å². The molecule has 1 aliphatic heterocycles. The number of hydrogen-bond acceptors (Lipinski definition) is 4. The Morgan fingerprint density at radius 3 is 2.76 bits per heavy atom. The van der Waals surface area contributed by atoms with Gasteiger partial charge in [-0.05, 0) is 5.56 Å². The summed E-state index contributed by atoms with van der Waals surface area (Å²) in [6.07, 6.45) is 0.553. The van der Waals surface area contributed by atoms with Crippen molar-refractivity contribution in [1.82, 2.24) is 5.32 Å². The number of amidine groups is 1. The van der Waals surface area contributed by atoms with Gasteiger partial charge in [-0.25, -0.2) is 4.99 Å². The van der Waals surface area contributed by atoms with Gasteiger partial charge in [-0.3, -0.25) is 4.99 Å². The maximum Gasteiger partial charge on any atom is 0.223 e. The van der Waals surface area contributed by atoms with E-state index < -0.39 is 6.35 Å². The molecule has 0 saturated heterocycles. The predicted octanol–water partition coefficient (Wildman–Crippen LogP) is 0.143. The Bertz CT molecular complexity index is 417. The number of aliphatic imine (C=N–C) groups is 2. The second-order valence-corrected chi connectivity index (χ2v) is 3.79. The van der Waals surface area contributed by atoms with Crippen molar-refractivity contribution in [2.24, 2.45) is 15.9 Å². The van der Waals surface area contributed by atoms with Crippen LogP contribution in [0.25, 0.3) is 0 Å². The van der Waals surface area contributed by atoms with Crippen molar-refractivity contribution in [3.8, 4) is 0 Å². The van der Waals surface area contributed by atoms with Crippen LogP contribution in [-0.4, -0.2) is 35.2 Å². The van der Waals surface area contributed by atoms with Crippen LogP contribution >= 0.6 is 0 Å². The summed E-state index contributed by atoms with van der Waals surface area (Å²) in [7, 11) is 0. The molecule has 5 heteroatoms. The van der Waals surface area contributed by atoms with Gasteiger partial charge < -0.3 is 15.5 Å². The minimum atomic E-state index is -0.965. The SMILES string of the molecule is OCC1C=NC(O)NC1=NCc1ccccc1. The van der Waals surface area contributed by atoms with Crippen LogP contribution in [0.1, 0.15) is 5.56 Å². The molecule has 0 aromatic heterocycles. The smallest absolute Gasteiger partial charge is 0.223 e. The Hall–Kier alpha value is -1.72. The lowest BCUT2D eigenvalue weighted by molar-refractivity contribution is 0.162. The van der Waals surface area contributed by atoms with Crippen molar-refractivity contribution in [3.63, 3.8) is 0 Å². The van der Waals surface area contributed by atoms with Gasteiger partial charge in [-0.2, -0.15) is 0 Å². The van der Waals surface area contributed by atoms with Crippen LogP contribution in [0, 0.1) is 5.92 Å². The molecule has 5 nitrogen and oxygen atoms in total. The van der Waals surface area contributed by atoms with Crippen LogP contribution in [0.3, 0.4) is 0 Å². The number of benzene rings is 1. The summed E-state index contributed by atoms with van der Waals surface area (Å²) in [5, 5.41) is 21.2. The summed E-state index contributed by atoms with van der Waals surface area (Å²) in [6.45, 7) is 0.442. The molecule has 0 amide bonds. The lowest BCUT2D eigenvalue weighted by atomic mass is 10.1. The predicted molar refractivity (Wildman–Crippen MR) is 65.8 cm³/mol. The highest BCUT2D eigenvalue weighted by molar-refractivity contribution is 5.98. The molecule has 0 radical (unpaired) electrons. The Labute approximate surface area is 99.5 Å². The topological polar surface area (TPSA) is 77.2 Å². The number of rotatable bonds is 3. The first-order valence-corrected chi connectivity index (χ1v) is 5.46. The third-order valence-electron chi connectivity index (χ3n) is 2.51. The number of aliphatic hydroxyl groups excluding tert-OH is 2. The first-order valence-electron chi connectivity index (χ1n) is 5.46. The molecule has 1 aromatic carbocycles. The summed E-state index contributed by atoms with van der Waals surface area (Å²) in [4.78, 5) is 8.12. The lowest BCUT2D eigenvalue weighted by Crippen LogP contribution is -2.44. The first kappa shape index (κ1) is 11.8. The third-order valence-corrected chi connectivity index (χ3v) is 2.51. The molecule has 0 fully saturated rings. The largest absolute Gasteiger partial charge is 0.395 e. The van der Waals surface area contributed by atoms with E-state index in [0.717, 1.165) is 5.56 Å². The van der Waals surface area contributed by atoms with Gasteiger partial charge in [0, 0.05) is 6.21 Å². The van der Waals surface area contributed by atoms with Crippen molar-refractivity contribution < 1.29 is 10.2 Å². The van der Waals surface area contributed by atoms with E-state index in [9.17, 15) is 5.11 Å². The van der Waals surface area contributed by atoms with Crippen LogP contribution in [-0.2, 0) is 6.54 Å². The van der Waals surface area contributed by atoms with E-state index in [1.54, 1.807) is 0 Å². The van der Waals surface area contributed by atoms with Crippen LogP contribution < -0.4 is 5.32 Å².